The van der Waals surface area contributed by atoms with Crippen molar-refractivity contribution in [3.05, 3.63) is 42.6 Å². The van der Waals surface area contributed by atoms with Gasteiger partial charge in [-0.1, -0.05) is 12.2 Å². The number of hydrogen-bond acceptors (Lipinski definition) is 3. The Bertz CT molecular complexity index is 567. The average Bonchev–Trinajstić information content (AvgIpc) is 2.86. The topological polar surface area (TPSA) is 50.9 Å². The Kier molecular flexibility index (Phi) is 2.44. The number of nitrogens with one attached hydrogen (secondary N) is 1. The lowest BCUT2D eigenvalue weighted by atomic mass is 10.1. The molecule has 3 nitrogen and oxygen atoms in total. The molecule has 3 N–H and O–H groups in total. The van der Waals surface area contributed by atoms with Crippen LogP contribution in [0.15, 0.2) is 42.6 Å². The van der Waals surface area contributed by atoms with Crippen molar-refractivity contribution >= 4 is 22.3 Å². The monoisotopic (exact) mass is 225 g/mol. The minimum Gasteiger partial charge on any atom is -0.397 e. The summed E-state index contributed by atoms with van der Waals surface area (Å²) in [5.41, 5.74) is 8.93. The quantitative estimate of drug-likeness (QED) is 0.610. The highest BCUT2D eigenvalue weighted by molar-refractivity contribution is 5.96. The minimum absolute atomic E-state index is 0.478. The van der Waals surface area contributed by atoms with Crippen molar-refractivity contribution < 1.29 is 0 Å². The number of benzene rings is 1. The van der Waals surface area contributed by atoms with Crippen LogP contribution < -0.4 is 11.1 Å². The van der Waals surface area contributed by atoms with Crippen molar-refractivity contribution in [1.29, 1.82) is 0 Å². The first-order valence-electron chi connectivity index (χ1n) is 5.89. The number of fused-ring (bicyclic) bond motifs is 1. The molecule has 0 saturated carbocycles. The van der Waals surface area contributed by atoms with Crippen molar-refractivity contribution in [2.24, 2.45) is 0 Å². The fraction of sp³-hybridized carbons (Fsp3) is 0.214. The standard InChI is InChI=1S/C14H15N3/c15-14-11-6-3-9-16-12(11)7-8-13(14)17-10-4-1-2-5-10/h1-3,6-10,17H,4-5,15H2. The Balaban J connectivity index is 1.96. The van der Waals surface area contributed by atoms with E-state index in [2.05, 4.69) is 22.5 Å². The second-order valence-corrected chi connectivity index (χ2v) is 4.38. The number of aromatic nitrogens is 1. The smallest absolute Gasteiger partial charge is 0.0724 e. The molecule has 0 atom stereocenters. The lowest BCUT2D eigenvalue weighted by Gasteiger charge is -2.16. The molecule has 3 rings (SSSR count). The molecule has 1 aromatic carbocycles. The van der Waals surface area contributed by atoms with Gasteiger partial charge in [-0.15, -0.1) is 0 Å². The molecule has 2 aromatic rings. The third kappa shape index (κ3) is 1.84. The fourth-order valence-corrected chi connectivity index (χ4v) is 2.26. The SMILES string of the molecule is Nc1c(NC2CC=CC2)ccc2ncccc12. The Morgan fingerprint density at radius 2 is 2.00 bits per heavy atom. The molecule has 0 saturated heterocycles. The number of anilines is 2. The highest BCUT2D eigenvalue weighted by Crippen LogP contribution is 2.29. The van der Waals surface area contributed by atoms with E-state index in [1.165, 1.54) is 0 Å². The molecule has 1 aromatic heterocycles. The van der Waals surface area contributed by atoms with Gasteiger partial charge in [0.1, 0.15) is 0 Å². The number of nitrogens with zero attached hydrogens (tertiary/aromatic N) is 1. The predicted molar refractivity (Wildman–Crippen MR) is 71.9 cm³/mol. The van der Waals surface area contributed by atoms with Crippen LogP contribution in [0.2, 0.25) is 0 Å². The van der Waals surface area contributed by atoms with Gasteiger partial charge in [-0.3, -0.25) is 4.98 Å². The summed E-state index contributed by atoms with van der Waals surface area (Å²) in [5.74, 6) is 0. The molecule has 1 heterocycles. The molecular weight excluding hydrogens is 210 g/mol. The summed E-state index contributed by atoms with van der Waals surface area (Å²) >= 11 is 0. The van der Waals surface area contributed by atoms with Gasteiger partial charge in [0, 0.05) is 17.6 Å². The van der Waals surface area contributed by atoms with E-state index in [1.807, 2.05) is 24.3 Å². The normalized spacial score (nSPS) is 15.5. The fourth-order valence-electron chi connectivity index (χ4n) is 2.26. The molecule has 17 heavy (non-hydrogen) atoms. The van der Waals surface area contributed by atoms with E-state index in [-0.39, 0.29) is 0 Å². The van der Waals surface area contributed by atoms with E-state index in [1.54, 1.807) is 6.20 Å². The van der Waals surface area contributed by atoms with Crippen LogP contribution in [0.4, 0.5) is 11.4 Å². The lowest BCUT2D eigenvalue weighted by Crippen LogP contribution is -2.16. The second kappa shape index (κ2) is 4.09. The number of hydrogen-bond donors (Lipinski definition) is 2. The number of nitrogen functional groups attached to an aromatic ring is 1. The van der Waals surface area contributed by atoms with Gasteiger partial charge in [0.25, 0.3) is 0 Å². The molecular formula is C14H15N3. The highest BCUT2D eigenvalue weighted by Gasteiger charge is 2.12. The average molecular weight is 225 g/mol. The summed E-state index contributed by atoms with van der Waals surface area (Å²) in [6.45, 7) is 0. The van der Waals surface area contributed by atoms with E-state index in [0.717, 1.165) is 35.1 Å². The third-order valence-electron chi connectivity index (χ3n) is 3.19. The van der Waals surface area contributed by atoms with Gasteiger partial charge < -0.3 is 11.1 Å². The zero-order valence-corrected chi connectivity index (χ0v) is 9.56. The van der Waals surface area contributed by atoms with Crippen molar-refractivity contribution in [3.8, 4) is 0 Å². The molecule has 3 heteroatoms. The molecule has 0 fully saturated rings. The van der Waals surface area contributed by atoms with Crippen LogP contribution in [0.5, 0.6) is 0 Å². The summed E-state index contributed by atoms with van der Waals surface area (Å²) in [7, 11) is 0. The van der Waals surface area contributed by atoms with E-state index in [4.69, 9.17) is 5.73 Å². The van der Waals surface area contributed by atoms with Crippen LogP contribution in [-0.2, 0) is 0 Å². The summed E-state index contributed by atoms with van der Waals surface area (Å²) < 4.78 is 0. The molecule has 1 aliphatic carbocycles. The second-order valence-electron chi connectivity index (χ2n) is 4.38. The molecule has 86 valence electrons. The third-order valence-corrected chi connectivity index (χ3v) is 3.19. The van der Waals surface area contributed by atoms with Crippen LogP contribution in [0.1, 0.15) is 12.8 Å². The van der Waals surface area contributed by atoms with Gasteiger partial charge >= 0.3 is 0 Å². The van der Waals surface area contributed by atoms with Crippen molar-refractivity contribution in [1.82, 2.24) is 4.98 Å². The van der Waals surface area contributed by atoms with Crippen LogP contribution in [-0.4, -0.2) is 11.0 Å². The summed E-state index contributed by atoms with van der Waals surface area (Å²) in [5, 5.41) is 4.50. The van der Waals surface area contributed by atoms with Gasteiger partial charge in [0.15, 0.2) is 0 Å². The lowest BCUT2D eigenvalue weighted by molar-refractivity contribution is 0.787. The number of pyridine rings is 1. The largest absolute Gasteiger partial charge is 0.397 e. The maximum atomic E-state index is 6.17. The number of nitrogens with two attached hydrogens (primary N) is 1. The van der Waals surface area contributed by atoms with Gasteiger partial charge in [-0.05, 0) is 37.1 Å². The number of rotatable bonds is 2. The van der Waals surface area contributed by atoms with Gasteiger partial charge in [-0.2, -0.15) is 0 Å². The Labute approximate surface area is 100 Å². The Morgan fingerprint density at radius 3 is 2.82 bits per heavy atom. The molecule has 1 aliphatic rings. The minimum atomic E-state index is 0.478. The molecule has 0 aliphatic heterocycles. The van der Waals surface area contributed by atoms with Gasteiger partial charge in [-0.25, -0.2) is 0 Å². The van der Waals surface area contributed by atoms with Gasteiger partial charge in [0.05, 0.1) is 16.9 Å². The first kappa shape index (κ1) is 10.1. The van der Waals surface area contributed by atoms with Crippen molar-refractivity contribution in [3.63, 3.8) is 0 Å². The zero-order valence-electron chi connectivity index (χ0n) is 9.56. The van der Waals surface area contributed by atoms with E-state index in [0.29, 0.717) is 6.04 Å². The van der Waals surface area contributed by atoms with Crippen LogP contribution >= 0.6 is 0 Å². The maximum absolute atomic E-state index is 6.17. The van der Waals surface area contributed by atoms with E-state index < -0.39 is 0 Å². The van der Waals surface area contributed by atoms with Crippen molar-refractivity contribution in [2.45, 2.75) is 18.9 Å². The molecule has 0 amide bonds. The molecule has 0 radical (unpaired) electrons. The first-order valence-corrected chi connectivity index (χ1v) is 5.89. The van der Waals surface area contributed by atoms with Crippen LogP contribution in [0.3, 0.4) is 0 Å². The van der Waals surface area contributed by atoms with E-state index in [9.17, 15) is 0 Å². The summed E-state index contributed by atoms with van der Waals surface area (Å²) in [6.07, 6.45) is 8.34. The Hall–Kier alpha value is -2.03. The highest BCUT2D eigenvalue weighted by atomic mass is 14.9. The van der Waals surface area contributed by atoms with Crippen LogP contribution in [0.25, 0.3) is 10.9 Å². The van der Waals surface area contributed by atoms with Crippen molar-refractivity contribution in [2.75, 3.05) is 11.1 Å². The zero-order chi connectivity index (χ0) is 11.7. The van der Waals surface area contributed by atoms with Crippen LogP contribution in [0, 0.1) is 0 Å². The first-order chi connectivity index (χ1) is 8.34. The van der Waals surface area contributed by atoms with Gasteiger partial charge in [0.2, 0.25) is 0 Å². The molecule has 0 unspecified atom stereocenters. The molecule has 0 spiro atoms. The molecule has 0 bridgehead atoms. The summed E-state index contributed by atoms with van der Waals surface area (Å²) in [6, 6.07) is 8.43. The predicted octanol–water partition coefficient (Wildman–Crippen LogP) is 2.95. The maximum Gasteiger partial charge on any atom is 0.0724 e. The summed E-state index contributed by atoms with van der Waals surface area (Å²) in [4.78, 5) is 4.29. The Morgan fingerprint density at radius 1 is 1.18 bits per heavy atom. The van der Waals surface area contributed by atoms with E-state index >= 15 is 0 Å².